The Balaban J connectivity index is 2.24. The van der Waals surface area contributed by atoms with E-state index in [1.54, 1.807) is 6.20 Å². The summed E-state index contributed by atoms with van der Waals surface area (Å²) in [7, 11) is 0. The van der Waals surface area contributed by atoms with E-state index >= 15 is 0 Å². The quantitative estimate of drug-likeness (QED) is 0.756. The van der Waals surface area contributed by atoms with Crippen molar-refractivity contribution in [3.05, 3.63) is 30.1 Å². The van der Waals surface area contributed by atoms with E-state index in [4.69, 9.17) is 5.41 Å². The molecule has 0 bridgehead atoms. The van der Waals surface area contributed by atoms with Gasteiger partial charge in [-0.3, -0.25) is 0 Å². The number of hydrogen-bond donors (Lipinski definition) is 2. The molecule has 0 saturated heterocycles. The summed E-state index contributed by atoms with van der Waals surface area (Å²) in [5.74, 6) is 0.341. The van der Waals surface area contributed by atoms with E-state index in [1.807, 2.05) is 13.0 Å². The second kappa shape index (κ2) is 4.47. The molecule has 3 heteroatoms. The molecule has 0 saturated carbocycles. The first-order valence-electron chi connectivity index (χ1n) is 5.68. The van der Waals surface area contributed by atoms with Crippen molar-refractivity contribution in [3.8, 4) is 0 Å². The summed E-state index contributed by atoms with van der Waals surface area (Å²) in [6, 6.07) is 6.13. The SMILES string of the molecule is CC[C@@H](Cc1cc2cccnc2[nH]1)C(C)=N. The van der Waals surface area contributed by atoms with Crippen LogP contribution in [0.4, 0.5) is 0 Å². The third kappa shape index (κ3) is 2.13. The lowest BCUT2D eigenvalue weighted by molar-refractivity contribution is 0.648. The molecule has 0 aromatic carbocycles. The Bertz CT molecular complexity index is 466. The number of hydrogen-bond acceptors (Lipinski definition) is 2. The van der Waals surface area contributed by atoms with Gasteiger partial charge in [-0.25, -0.2) is 4.98 Å². The van der Waals surface area contributed by atoms with Gasteiger partial charge in [0.05, 0.1) is 0 Å². The van der Waals surface area contributed by atoms with Crippen LogP contribution in [0.15, 0.2) is 24.4 Å². The third-order valence-electron chi connectivity index (χ3n) is 3.02. The van der Waals surface area contributed by atoms with Crippen molar-refractivity contribution >= 4 is 16.7 Å². The molecule has 2 aromatic heterocycles. The summed E-state index contributed by atoms with van der Waals surface area (Å²) in [6.07, 6.45) is 3.71. The molecule has 16 heavy (non-hydrogen) atoms. The summed E-state index contributed by atoms with van der Waals surface area (Å²) in [4.78, 5) is 7.58. The molecule has 0 radical (unpaired) electrons. The Kier molecular flexibility index (Phi) is 3.04. The van der Waals surface area contributed by atoms with Crippen LogP contribution in [-0.4, -0.2) is 15.7 Å². The van der Waals surface area contributed by atoms with Crippen LogP contribution in [0, 0.1) is 11.3 Å². The fourth-order valence-electron chi connectivity index (χ4n) is 1.99. The van der Waals surface area contributed by atoms with E-state index in [-0.39, 0.29) is 0 Å². The molecule has 0 fully saturated rings. The van der Waals surface area contributed by atoms with Crippen LogP contribution in [-0.2, 0) is 6.42 Å². The summed E-state index contributed by atoms with van der Waals surface area (Å²) < 4.78 is 0. The molecule has 84 valence electrons. The van der Waals surface area contributed by atoms with Gasteiger partial charge in [-0.2, -0.15) is 0 Å². The number of aromatic amines is 1. The highest BCUT2D eigenvalue weighted by Gasteiger charge is 2.11. The Morgan fingerprint density at radius 2 is 2.38 bits per heavy atom. The number of H-pyrrole nitrogens is 1. The topological polar surface area (TPSA) is 52.5 Å². The molecule has 2 aromatic rings. The van der Waals surface area contributed by atoms with Crippen LogP contribution in [0.2, 0.25) is 0 Å². The molecule has 2 heterocycles. The summed E-state index contributed by atoms with van der Waals surface area (Å²) >= 11 is 0. The van der Waals surface area contributed by atoms with Crippen LogP contribution in [0.25, 0.3) is 11.0 Å². The normalized spacial score (nSPS) is 12.9. The number of rotatable bonds is 4. The molecule has 2 rings (SSSR count). The zero-order chi connectivity index (χ0) is 11.5. The summed E-state index contributed by atoms with van der Waals surface area (Å²) in [5, 5.41) is 8.85. The average Bonchev–Trinajstić information content (AvgIpc) is 2.67. The highest BCUT2D eigenvalue weighted by atomic mass is 14.8. The van der Waals surface area contributed by atoms with E-state index in [2.05, 4.69) is 29.0 Å². The second-order valence-electron chi connectivity index (χ2n) is 4.23. The van der Waals surface area contributed by atoms with E-state index < -0.39 is 0 Å². The van der Waals surface area contributed by atoms with Crippen LogP contribution >= 0.6 is 0 Å². The van der Waals surface area contributed by atoms with Crippen molar-refractivity contribution in [2.45, 2.75) is 26.7 Å². The second-order valence-corrected chi connectivity index (χ2v) is 4.23. The Hall–Kier alpha value is -1.64. The van der Waals surface area contributed by atoms with E-state index in [9.17, 15) is 0 Å². The highest BCUT2D eigenvalue weighted by molar-refractivity contribution is 5.82. The van der Waals surface area contributed by atoms with Gasteiger partial charge >= 0.3 is 0 Å². The standard InChI is InChI=1S/C13H17N3/c1-3-10(9(2)14)7-12-8-11-5-4-6-15-13(11)16-12/h4-6,8,10,14H,3,7H2,1-2H3,(H,15,16)/t10-/m0/s1. The molecule has 0 aliphatic rings. The fraction of sp³-hybridized carbons (Fsp3) is 0.385. The Morgan fingerprint density at radius 3 is 3.00 bits per heavy atom. The average molecular weight is 215 g/mol. The number of nitrogens with one attached hydrogen (secondary N) is 2. The van der Waals surface area contributed by atoms with Gasteiger partial charge in [0.25, 0.3) is 0 Å². The molecular formula is C13H17N3. The van der Waals surface area contributed by atoms with Crippen LogP contribution in [0.3, 0.4) is 0 Å². The minimum absolute atomic E-state index is 0.341. The molecule has 0 aliphatic carbocycles. The number of aromatic nitrogens is 2. The smallest absolute Gasteiger partial charge is 0.137 e. The fourth-order valence-corrected chi connectivity index (χ4v) is 1.99. The molecule has 0 unspecified atom stereocenters. The molecule has 0 aliphatic heterocycles. The van der Waals surface area contributed by atoms with Crippen LogP contribution in [0.1, 0.15) is 26.0 Å². The summed E-state index contributed by atoms with van der Waals surface area (Å²) in [5.41, 5.74) is 2.87. The third-order valence-corrected chi connectivity index (χ3v) is 3.02. The number of nitrogens with zero attached hydrogens (tertiary/aromatic N) is 1. The van der Waals surface area contributed by atoms with Crippen molar-refractivity contribution in [2.24, 2.45) is 5.92 Å². The maximum Gasteiger partial charge on any atom is 0.137 e. The predicted octanol–water partition coefficient (Wildman–Crippen LogP) is 3.17. The molecule has 2 N–H and O–H groups in total. The van der Waals surface area contributed by atoms with Crippen molar-refractivity contribution in [2.75, 3.05) is 0 Å². The van der Waals surface area contributed by atoms with Crippen molar-refractivity contribution < 1.29 is 0 Å². The van der Waals surface area contributed by atoms with E-state index in [0.717, 1.165) is 29.6 Å². The van der Waals surface area contributed by atoms with Crippen molar-refractivity contribution in [1.29, 1.82) is 5.41 Å². The first-order chi connectivity index (χ1) is 7.70. The Morgan fingerprint density at radius 1 is 1.56 bits per heavy atom. The first-order valence-corrected chi connectivity index (χ1v) is 5.68. The van der Waals surface area contributed by atoms with Crippen molar-refractivity contribution in [1.82, 2.24) is 9.97 Å². The minimum atomic E-state index is 0.341. The van der Waals surface area contributed by atoms with Crippen LogP contribution in [0.5, 0.6) is 0 Å². The van der Waals surface area contributed by atoms with Gasteiger partial charge in [-0.15, -0.1) is 0 Å². The zero-order valence-corrected chi connectivity index (χ0v) is 9.75. The van der Waals surface area contributed by atoms with Gasteiger partial charge in [-0.05, 0) is 38.0 Å². The molecule has 0 spiro atoms. The summed E-state index contributed by atoms with van der Waals surface area (Å²) in [6.45, 7) is 4.01. The molecule has 0 amide bonds. The van der Waals surface area contributed by atoms with Crippen molar-refractivity contribution in [3.63, 3.8) is 0 Å². The maximum atomic E-state index is 7.71. The number of fused-ring (bicyclic) bond motifs is 1. The van der Waals surface area contributed by atoms with Gasteiger partial charge in [0.1, 0.15) is 5.65 Å². The van der Waals surface area contributed by atoms with Gasteiger partial charge in [0, 0.05) is 28.9 Å². The first kappa shape index (κ1) is 10.9. The minimum Gasteiger partial charge on any atom is -0.343 e. The highest BCUT2D eigenvalue weighted by Crippen LogP contribution is 2.17. The molecule has 3 nitrogen and oxygen atoms in total. The maximum absolute atomic E-state index is 7.71. The molecule has 1 atom stereocenters. The van der Waals surface area contributed by atoms with Gasteiger partial charge in [0.2, 0.25) is 0 Å². The van der Waals surface area contributed by atoms with Gasteiger partial charge in [0.15, 0.2) is 0 Å². The predicted molar refractivity (Wildman–Crippen MR) is 67.0 cm³/mol. The van der Waals surface area contributed by atoms with Gasteiger partial charge in [-0.1, -0.05) is 6.92 Å². The van der Waals surface area contributed by atoms with E-state index in [1.165, 1.54) is 5.69 Å². The zero-order valence-electron chi connectivity index (χ0n) is 9.75. The van der Waals surface area contributed by atoms with Gasteiger partial charge < -0.3 is 10.4 Å². The monoisotopic (exact) mass is 215 g/mol. The lowest BCUT2D eigenvalue weighted by atomic mass is 9.96. The lowest BCUT2D eigenvalue weighted by Gasteiger charge is -2.11. The van der Waals surface area contributed by atoms with E-state index in [0.29, 0.717) is 5.92 Å². The van der Waals surface area contributed by atoms with Crippen LogP contribution < -0.4 is 0 Å². The largest absolute Gasteiger partial charge is 0.343 e. The lowest BCUT2D eigenvalue weighted by Crippen LogP contribution is -2.12. The number of pyridine rings is 1. The Labute approximate surface area is 95.4 Å². The molecular weight excluding hydrogens is 198 g/mol.